The SMILES string of the molecule is COc1ccccc1[C@@H]1N=C(c2ccccc2)[C@@H]2[C@H](c3ccccc3)N21. The van der Waals surface area contributed by atoms with E-state index in [-0.39, 0.29) is 6.17 Å². The third kappa shape index (κ3) is 2.36. The molecule has 0 amide bonds. The van der Waals surface area contributed by atoms with Crippen LogP contribution in [0.4, 0.5) is 0 Å². The Hall–Kier alpha value is -2.91. The minimum atomic E-state index is -0.00318. The number of ether oxygens (including phenoxy) is 1. The van der Waals surface area contributed by atoms with Crippen molar-refractivity contribution in [2.24, 2.45) is 4.99 Å². The molecule has 0 spiro atoms. The van der Waals surface area contributed by atoms with E-state index in [4.69, 9.17) is 9.73 Å². The van der Waals surface area contributed by atoms with E-state index in [1.54, 1.807) is 7.11 Å². The molecule has 26 heavy (non-hydrogen) atoms. The molecule has 3 nitrogen and oxygen atoms in total. The van der Waals surface area contributed by atoms with Gasteiger partial charge in [-0.15, -0.1) is 0 Å². The van der Waals surface area contributed by atoms with E-state index in [1.165, 1.54) is 16.8 Å². The first kappa shape index (κ1) is 15.4. The highest BCUT2D eigenvalue weighted by Crippen LogP contribution is 2.56. The maximum Gasteiger partial charge on any atom is 0.133 e. The second kappa shape index (κ2) is 6.11. The summed E-state index contributed by atoms with van der Waals surface area (Å²) in [5.41, 5.74) is 4.86. The Morgan fingerprint density at radius 2 is 1.42 bits per heavy atom. The first-order chi connectivity index (χ1) is 12.9. The number of rotatable bonds is 4. The average molecular weight is 340 g/mol. The van der Waals surface area contributed by atoms with Crippen molar-refractivity contribution in [3.63, 3.8) is 0 Å². The zero-order valence-corrected chi connectivity index (χ0v) is 14.6. The van der Waals surface area contributed by atoms with Crippen LogP contribution < -0.4 is 4.74 Å². The van der Waals surface area contributed by atoms with Gasteiger partial charge in [0.05, 0.1) is 24.9 Å². The van der Waals surface area contributed by atoms with Crippen LogP contribution in [0, 0.1) is 0 Å². The second-order valence-electron chi connectivity index (χ2n) is 6.74. The first-order valence-corrected chi connectivity index (χ1v) is 8.97. The summed E-state index contributed by atoms with van der Waals surface area (Å²) >= 11 is 0. The lowest BCUT2D eigenvalue weighted by Crippen LogP contribution is -2.08. The fraction of sp³-hybridized carbons (Fsp3) is 0.174. The van der Waals surface area contributed by atoms with Gasteiger partial charge in [0.1, 0.15) is 11.9 Å². The fourth-order valence-electron chi connectivity index (χ4n) is 4.09. The quantitative estimate of drug-likeness (QED) is 0.647. The van der Waals surface area contributed by atoms with Crippen molar-refractivity contribution in [3.05, 3.63) is 102 Å². The largest absolute Gasteiger partial charge is 0.496 e. The van der Waals surface area contributed by atoms with E-state index in [2.05, 4.69) is 77.7 Å². The molecule has 2 aliphatic heterocycles. The monoisotopic (exact) mass is 340 g/mol. The van der Waals surface area contributed by atoms with E-state index >= 15 is 0 Å². The number of benzene rings is 3. The molecule has 0 aromatic heterocycles. The van der Waals surface area contributed by atoms with E-state index < -0.39 is 0 Å². The standard InChI is InChI=1S/C23H20N2O/c1-26-19-15-9-8-14-18(19)23-24-20(16-10-4-2-5-11-16)22-21(25(22)23)17-12-6-3-7-13-17/h2-15,21-23H,1H3/t21-,22+,23+,25?/m0/s1. The number of fused-ring (bicyclic) bond motifs is 1. The first-order valence-electron chi connectivity index (χ1n) is 8.97. The molecule has 2 aliphatic rings. The van der Waals surface area contributed by atoms with Crippen LogP contribution in [0.25, 0.3) is 0 Å². The summed E-state index contributed by atoms with van der Waals surface area (Å²) in [4.78, 5) is 7.59. The van der Waals surface area contributed by atoms with E-state index in [0.717, 1.165) is 11.3 Å². The van der Waals surface area contributed by atoms with Gasteiger partial charge in [-0.25, -0.2) is 0 Å². The van der Waals surface area contributed by atoms with Crippen molar-refractivity contribution in [1.82, 2.24) is 4.90 Å². The van der Waals surface area contributed by atoms with Gasteiger partial charge < -0.3 is 4.74 Å². The number of methoxy groups -OCH3 is 1. The van der Waals surface area contributed by atoms with Gasteiger partial charge in [0.25, 0.3) is 0 Å². The van der Waals surface area contributed by atoms with E-state index in [1.807, 2.05) is 12.1 Å². The highest BCUT2D eigenvalue weighted by Gasteiger charge is 2.59. The van der Waals surface area contributed by atoms with Crippen molar-refractivity contribution in [1.29, 1.82) is 0 Å². The number of hydrogen-bond acceptors (Lipinski definition) is 3. The summed E-state index contributed by atoms with van der Waals surface area (Å²) in [6.45, 7) is 0. The predicted octanol–water partition coefficient (Wildman–Crippen LogP) is 4.62. The van der Waals surface area contributed by atoms with Crippen molar-refractivity contribution in [2.45, 2.75) is 18.2 Å². The molecule has 0 radical (unpaired) electrons. The minimum absolute atomic E-state index is 0.00318. The van der Waals surface area contributed by atoms with Crippen LogP contribution in [0.2, 0.25) is 0 Å². The number of aliphatic imine (C=N–C) groups is 1. The van der Waals surface area contributed by atoms with Gasteiger partial charge >= 0.3 is 0 Å². The van der Waals surface area contributed by atoms with Crippen LogP contribution in [0.1, 0.15) is 28.9 Å². The summed E-state index contributed by atoms with van der Waals surface area (Å²) in [7, 11) is 1.73. The summed E-state index contributed by atoms with van der Waals surface area (Å²) in [5.74, 6) is 0.896. The van der Waals surface area contributed by atoms with Crippen molar-refractivity contribution in [3.8, 4) is 5.75 Å². The molecule has 1 fully saturated rings. The predicted molar refractivity (Wildman–Crippen MR) is 104 cm³/mol. The van der Waals surface area contributed by atoms with E-state index in [0.29, 0.717) is 12.1 Å². The molecule has 128 valence electrons. The Kier molecular flexibility index (Phi) is 3.61. The van der Waals surface area contributed by atoms with Gasteiger partial charge in [0.2, 0.25) is 0 Å². The van der Waals surface area contributed by atoms with Crippen molar-refractivity contribution < 1.29 is 4.74 Å². The van der Waals surface area contributed by atoms with Crippen molar-refractivity contribution >= 4 is 5.71 Å². The topological polar surface area (TPSA) is 24.6 Å². The van der Waals surface area contributed by atoms with E-state index in [9.17, 15) is 0 Å². The molecule has 3 aromatic carbocycles. The second-order valence-corrected chi connectivity index (χ2v) is 6.74. The molecule has 5 rings (SSSR count). The van der Waals surface area contributed by atoms with Crippen LogP contribution in [-0.4, -0.2) is 23.8 Å². The Morgan fingerprint density at radius 3 is 2.15 bits per heavy atom. The Bertz CT molecular complexity index is 952. The smallest absolute Gasteiger partial charge is 0.133 e. The van der Waals surface area contributed by atoms with Crippen LogP contribution in [-0.2, 0) is 0 Å². The van der Waals surface area contributed by atoms with Crippen LogP contribution in [0.5, 0.6) is 5.75 Å². The number of hydrogen-bond donors (Lipinski definition) is 0. The normalized spacial score (nSPS) is 26.1. The molecule has 2 heterocycles. The molecule has 1 saturated heterocycles. The average Bonchev–Trinajstić information content (AvgIpc) is 3.33. The molecule has 0 saturated carbocycles. The molecular weight excluding hydrogens is 320 g/mol. The molecule has 4 atom stereocenters. The lowest BCUT2D eigenvalue weighted by molar-refractivity contribution is 0.366. The molecular formula is C23H20N2O. The number of para-hydroxylation sites is 1. The highest BCUT2D eigenvalue weighted by atomic mass is 16.5. The highest BCUT2D eigenvalue weighted by molar-refractivity contribution is 6.08. The molecule has 3 heteroatoms. The Labute approximate surface area is 153 Å². The lowest BCUT2D eigenvalue weighted by Gasteiger charge is -2.17. The molecule has 0 bridgehead atoms. The third-order valence-electron chi connectivity index (χ3n) is 5.30. The zero-order valence-electron chi connectivity index (χ0n) is 14.6. The maximum absolute atomic E-state index is 5.61. The van der Waals surface area contributed by atoms with Gasteiger partial charge in [-0.05, 0) is 17.2 Å². The molecule has 1 unspecified atom stereocenters. The van der Waals surface area contributed by atoms with Gasteiger partial charge in [-0.3, -0.25) is 9.89 Å². The van der Waals surface area contributed by atoms with Crippen molar-refractivity contribution in [2.75, 3.05) is 7.11 Å². The molecule has 0 N–H and O–H groups in total. The summed E-state index contributed by atoms with van der Waals surface area (Å²) in [6, 6.07) is 30.2. The third-order valence-corrected chi connectivity index (χ3v) is 5.30. The molecule has 3 aromatic rings. The van der Waals surface area contributed by atoms with Crippen LogP contribution in [0.15, 0.2) is 89.9 Å². The summed E-state index contributed by atoms with van der Waals surface area (Å²) in [6.07, 6.45) is -0.00318. The van der Waals surface area contributed by atoms with Gasteiger partial charge in [0.15, 0.2) is 0 Å². The number of nitrogens with zero attached hydrogens (tertiary/aromatic N) is 2. The molecule has 0 aliphatic carbocycles. The van der Waals surface area contributed by atoms with Crippen LogP contribution in [0.3, 0.4) is 0 Å². The zero-order chi connectivity index (χ0) is 17.5. The van der Waals surface area contributed by atoms with Gasteiger partial charge in [-0.1, -0.05) is 78.9 Å². The van der Waals surface area contributed by atoms with Gasteiger partial charge in [0, 0.05) is 5.56 Å². The van der Waals surface area contributed by atoms with Crippen LogP contribution >= 0.6 is 0 Å². The Balaban J connectivity index is 1.60. The summed E-state index contributed by atoms with van der Waals surface area (Å²) in [5, 5.41) is 0. The van der Waals surface area contributed by atoms with Gasteiger partial charge in [-0.2, -0.15) is 0 Å². The Morgan fingerprint density at radius 1 is 0.769 bits per heavy atom. The fourth-order valence-corrected chi connectivity index (χ4v) is 4.09. The minimum Gasteiger partial charge on any atom is -0.496 e. The summed E-state index contributed by atoms with van der Waals surface area (Å²) < 4.78 is 5.61. The lowest BCUT2D eigenvalue weighted by atomic mass is 10.0. The maximum atomic E-state index is 5.61.